The first-order valence-corrected chi connectivity index (χ1v) is 5.37. The molecule has 0 fully saturated rings. The van der Waals surface area contributed by atoms with Crippen LogP contribution in [0.3, 0.4) is 0 Å². The normalized spacial score (nSPS) is 10.0. The molecule has 0 aliphatic carbocycles. The molecule has 0 aliphatic heterocycles. The fourth-order valence-electron chi connectivity index (χ4n) is 0. The first-order chi connectivity index (χ1) is 6.00. The van der Waals surface area contributed by atoms with E-state index in [9.17, 15) is 0 Å². The molecule has 0 atom stereocenters. The maximum absolute atomic E-state index is 2.12. The third kappa shape index (κ3) is 7390. The van der Waals surface area contributed by atoms with Gasteiger partial charge >= 0.3 is 0 Å². The SMILES string of the molecule is C[N+](C)(C)C.C[N+](C)(C)C.C[N+](C)(C)C.[Cl-].[Cl-].[Cl-]. The maximum atomic E-state index is 2.12. The van der Waals surface area contributed by atoms with Crippen molar-refractivity contribution in [2.45, 2.75) is 0 Å². The van der Waals surface area contributed by atoms with E-state index in [-0.39, 0.29) is 37.2 Å². The molecule has 0 unspecified atom stereocenters. The lowest BCUT2D eigenvalue weighted by molar-refractivity contribution is -0.849. The number of hydrogen-bond donors (Lipinski definition) is 0. The number of quaternary nitrogens is 3. The van der Waals surface area contributed by atoms with Gasteiger partial charge in [-0.2, -0.15) is 0 Å². The van der Waals surface area contributed by atoms with Gasteiger partial charge in [0.25, 0.3) is 0 Å². The van der Waals surface area contributed by atoms with E-state index in [0.717, 1.165) is 13.4 Å². The van der Waals surface area contributed by atoms with Crippen LogP contribution in [0.2, 0.25) is 0 Å². The highest BCUT2D eigenvalue weighted by Crippen LogP contribution is 1.74. The van der Waals surface area contributed by atoms with Gasteiger partial charge in [-0.3, -0.25) is 0 Å². The van der Waals surface area contributed by atoms with E-state index in [1.165, 1.54) is 0 Å². The molecule has 0 N–H and O–H groups in total. The number of nitrogens with zero attached hydrogens (tertiary/aromatic N) is 3. The minimum atomic E-state index is 0. The van der Waals surface area contributed by atoms with Crippen molar-refractivity contribution in [3.8, 4) is 0 Å². The van der Waals surface area contributed by atoms with Gasteiger partial charge in [-0.15, -0.1) is 0 Å². The van der Waals surface area contributed by atoms with Crippen molar-refractivity contribution < 1.29 is 50.7 Å². The van der Waals surface area contributed by atoms with Crippen LogP contribution in [0.15, 0.2) is 0 Å². The molecule has 0 saturated carbocycles. The molecule has 0 rings (SSSR count). The first-order valence-electron chi connectivity index (χ1n) is 5.37. The van der Waals surface area contributed by atoms with E-state index >= 15 is 0 Å². The second-order valence-electron chi connectivity index (χ2n) is 8.05. The molecule has 0 saturated heterocycles. The summed E-state index contributed by atoms with van der Waals surface area (Å²) in [4.78, 5) is 0. The van der Waals surface area contributed by atoms with Crippen LogP contribution < -0.4 is 37.2 Å². The summed E-state index contributed by atoms with van der Waals surface area (Å²) < 4.78 is 3.00. The molecule has 0 heterocycles. The molecular weight excluding hydrogens is 293 g/mol. The van der Waals surface area contributed by atoms with Gasteiger partial charge in [0.1, 0.15) is 0 Å². The van der Waals surface area contributed by atoms with Crippen molar-refractivity contribution in [2.75, 3.05) is 84.6 Å². The molecule has 18 heavy (non-hydrogen) atoms. The standard InChI is InChI=1S/3C4H12N.3ClH/c3*1-5(2,3)4;;;/h3*1-4H3;3*1H/q3*+1;;;/p-3. The Balaban J connectivity index is -0.0000000277. The Hall–Kier alpha value is 0.750. The van der Waals surface area contributed by atoms with E-state index in [1.54, 1.807) is 0 Å². The molecule has 0 aliphatic rings. The highest BCUT2D eigenvalue weighted by atomic mass is 35.5. The third-order valence-corrected chi connectivity index (χ3v) is 0. The summed E-state index contributed by atoms with van der Waals surface area (Å²) in [6.07, 6.45) is 0. The van der Waals surface area contributed by atoms with E-state index in [2.05, 4.69) is 84.6 Å². The zero-order valence-corrected chi connectivity index (χ0v) is 16.7. The van der Waals surface area contributed by atoms with Crippen LogP contribution in [-0.2, 0) is 0 Å². The van der Waals surface area contributed by atoms with Gasteiger partial charge in [0.2, 0.25) is 0 Å². The fraction of sp³-hybridized carbons (Fsp3) is 1.00. The number of halogens is 3. The Morgan fingerprint density at radius 3 is 0.278 bits per heavy atom. The van der Waals surface area contributed by atoms with Crippen LogP contribution in [0.25, 0.3) is 0 Å². The molecule has 6 heteroatoms. The summed E-state index contributed by atoms with van der Waals surface area (Å²) >= 11 is 0. The first kappa shape index (κ1) is 36.3. The van der Waals surface area contributed by atoms with Gasteiger partial charge in [-0.1, -0.05) is 0 Å². The van der Waals surface area contributed by atoms with Crippen molar-refractivity contribution >= 4 is 0 Å². The molecule has 0 radical (unpaired) electrons. The number of hydrogen-bond acceptors (Lipinski definition) is 0. The predicted octanol–water partition coefficient (Wildman–Crippen LogP) is -8.02. The molecule has 0 aromatic carbocycles. The minimum absolute atomic E-state index is 0. The van der Waals surface area contributed by atoms with Crippen LogP contribution in [0.4, 0.5) is 0 Å². The fourth-order valence-corrected chi connectivity index (χ4v) is 0. The van der Waals surface area contributed by atoms with Crippen molar-refractivity contribution in [1.29, 1.82) is 0 Å². The van der Waals surface area contributed by atoms with E-state index in [0.29, 0.717) is 0 Å². The summed E-state index contributed by atoms with van der Waals surface area (Å²) in [6.45, 7) is 0. The summed E-state index contributed by atoms with van der Waals surface area (Å²) in [5.74, 6) is 0. The summed E-state index contributed by atoms with van der Waals surface area (Å²) in [6, 6.07) is 0. The van der Waals surface area contributed by atoms with E-state index in [1.807, 2.05) is 0 Å². The number of rotatable bonds is 0. The molecular formula is C12H36Cl3N3. The zero-order chi connectivity index (χ0) is 13.5. The van der Waals surface area contributed by atoms with Crippen molar-refractivity contribution in [2.24, 2.45) is 0 Å². The van der Waals surface area contributed by atoms with Crippen LogP contribution in [0.5, 0.6) is 0 Å². The molecule has 0 aromatic heterocycles. The zero-order valence-electron chi connectivity index (χ0n) is 14.5. The monoisotopic (exact) mass is 327 g/mol. The van der Waals surface area contributed by atoms with E-state index < -0.39 is 0 Å². The van der Waals surface area contributed by atoms with Crippen molar-refractivity contribution in [1.82, 2.24) is 0 Å². The molecule has 0 amide bonds. The lowest BCUT2D eigenvalue weighted by Crippen LogP contribution is -3.00. The maximum Gasteiger partial charge on any atom is 0.0675 e. The molecule has 0 spiro atoms. The quantitative estimate of drug-likeness (QED) is 0.388. The molecule has 0 aromatic rings. The molecule has 0 bridgehead atoms. The average Bonchev–Trinajstić information content (AvgIpc) is 1.41. The van der Waals surface area contributed by atoms with Gasteiger partial charge in [0.15, 0.2) is 0 Å². The van der Waals surface area contributed by atoms with Gasteiger partial charge in [0, 0.05) is 0 Å². The van der Waals surface area contributed by atoms with Crippen molar-refractivity contribution in [3.63, 3.8) is 0 Å². The Bertz CT molecular complexity index is 97.6. The second-order valence-corrected chi connectivity index (χ2v) is 8.05. The van der Waals surface area contributed by atoms with E-state index in [4.69, 9.17) is 0 Å². The second kappa shape index (κ2) is 14.2. The summed E-state index contributed by atoms with van der Waals surface area (Å²) in [7, 11) is 25.5. The van der Waals surface area contributed by atoms with Gasteiger partial charge in [0.05, 0.1) is 84.6 Å². The average molecular weight is 329 g/mol. The lowest BCUT2D eigenvalue weighted by atomic mass is 10.8. The lowest BCUT2D eigenvalue weighted by Gasteiger charge is -2.14. The van der Waals surface area contributed by atoms with Gasteiger partial charge in [-0.05, 0) is 0 Å². The Morgan fingerprint density at radius 1 is 0.278 bits per heavy atom. The van der Waals surface area contributed by atoms with Gasteiger partial charge in [-0.25, -0.2) is 0 Å². The van der Waals surface area contributed by atoms with Crippen LogP contribution >= 0.6 is 0 Å². The Labute approximate surface area is 135 Å². The van der Waals surface area contributed by atoms with Crippen LogP contribution in [0, 0.1) is 0 Å². The van der Waals surface area contributed by atoms with Crippen LogP contribution in [-0.4, -0.2) is 98.0 Å². The highest BCUT2D eigenvalue weighted by molar-refractivity contribution is 3.88. The largest absolute Gasteiger partial charge is 1.00 e. The highest BCUT2D eigenvalue weighted by Gasteiger charge is 1.89. The Morgan fingerprint density at radius 2 is 0.278 bits per heavy atom. The third-order valence-electron chi connectivity index (χ3n) is 0. The summed E-state index contributed by atoms with van der Waals surface area (Å²) in [5.41, 5.74) is 0. The van der Waals surface area contributed by atoms with Gasteiger partial charge < -0.3 is 50.7 Å². The molecule has 3 nitrogen and oxygen atoms in total. The predicted molar refractivity (Wildman–Crippen MR) is 71.9 cm³/mol. The van der Waals surface area contributed by atoms with Crippen LogP contribution in [0.1, 0.15) is 0 Å². The summed E-state index contributed by atoms with van der Waals surface area (Å²) in [5, 5.41) is 0. The minimum Gasteiger partial charge on any atom is -1.00 e. The molecule has 120 valence electrons. The smallest absolute Gasteiger partial charge is 0.0675 e. The van der Waals surface area contributed by atoms with Crippen molar-refractivity contribution in [3.05, 3.63) is 0 Å². The Kier molecular flexibility index (Phi) is 28.6. The topological polar surface area (TPSA) is 0 Å².